The zero-order valence-corrected chi connectivity index (χ0v) is 85.1. The third kappa shape index (κ3) is 30.0. The molecule has 17 nitrogen and oxygen atoms in total. The predicted octanol–water partition coefficient (Wildman–Crippen LogP) is 24.6. The van der Waals surface area contributed by atoms with Crippen molar-refractivity contribution in [3.05, 3.63) is 290 Å². The Labute approximate surface area is 806 Å². The molecular formula is C112H147ClF3N5O12S. The number of ether oxygens (including phenoxy) is 7. The van der Waals surface area contributed by atoms with E-state index in [0.29, 0.717) is 46.3 Å². The van der Waals surface area contributed by atoms with Crippen molar-refractivity contribution in [3.8, 4) is 5.75 Å². The number of esters is 4. The second kappa shape index (κ2) is 48.4. The fourth-order valence-electron chi connectivity index (χ4n) is 18.4. The highest BCUT2D eigenvalue weighted by Gasteiger charge is 2.50. The fourth-order valence-corrected chi connectivity index (χ4v) is 20.0. The highest BCUT2D eigenvalue weighted by atomic mass is 35.5. The standard InChI is InChI=1S/C24H32ClNO5.C24H29NO4S.C22H33FO3.C21H26F2N2.C21H27N/c1-7-31-23(28)21-18(14-30-13-12-24(3,4)5)26-15(2)19(22(27)29-6)20(21)16-10-8-9-11-17(16)25;1-16(26)29-21-22(17-10-12-18(28-5)13-11-17)30-20-9-7-6-8-19(20)25(23(21)27)15-14-24(2,3)4;1-15(2)20-18-8-7-17(23)13-16(18)9-10-22(20,12-11-21(3,4)5)26-19(24)14-25-6;1-21(2,3)25-14-12-24(13-15-25)20(16-4-8-18(22)9-5-16)17-6-10-19(23)11-7-17;1-20(2,3)22-16-14-21(15-17-22,18-10-6-4-7-11-18)19-12-8-5-9-13-19/h8-11,20,26H,7,12-14H2,1-6H3;6-13,21-22H,14-15H2,1-5H3;7-8,13,15,20H,9-12,14H2,1-6H3;4-11,20H,12-15H2,1-3H3;4-13H,14-17H2,1-3H3/t;21-,22+;20-,22-;;/m.10../s1. The van der Waals surface area contributed by atoms with Gasteiger partial charge in [0.15, 0.2) is 6.10 Å². The third-order valence-electron chi connectivity index (χ3n) is 25.6. The molecular weight excluding hydrogens is 1730 g/mol. The molecule has 2 saturated heterocycles. The van der Waals surface area contributed by atoms with Gasteiger partial charge in [-0.05, 0) is 253 Å². The van der Waals surface area contributed by atoms with Gasteiger partial charge in [0.2, 0.25) is 0 Å². The Morgan fingerprint density at radius 2 is 1.12 bits per heavy atom. The molecule has 726 valence electrons. The number of carbonyl (C=O) groups is 5. The Morgan fingerprint density at radius 1 is 0.590 bits per heavy atom. The van der Waals surface area contributed by atoms with E-state index in [9.17, 15) is 37.1 Å². The lowest BCUT2D eigenvalue weighted by Crippen LogP contribution is -2.54. The van der Waals surface area contributed by atoms with Crippen molar-refractivity contribution in [2.24, 2.45) is 22.2 Å². The lowest BCUT2D eigenvalue weighted by molar-refractivity contribution is -0.172. The molecule has 1 N–H and O–H groups in total. The van der Waals surface area contributed by atoms with Gasteiger partial charge in [-0.3, -0.25) is 24.3 Å². The molecule has 2 fully saturated rings. The number of nitrogens with zero attached hydrogens (tertiary/aromatic N) is 4. The summed E-state index contributed by atoms with van der Waals surface area (Å²) >= 11 is 8.04. The molecule has 0 spiro atoms. The van der Waals surface area contributed by atoms with E-state index in [2.05, 4.69) is 198 Å². The van der Waals surface area contributed by atoms with E-state index in [1.54, 1.807) is 61.9 Å². The fraction of sp³-hybridized carbons (Fsp3) is 0.491. The minimum atomic E-state index is -0.909. The van der Waals surface area contributed by atoms with Gasteiger partial charge in [-0.25, -0.2) is 27.6 Å². The normalized spacial score (nSPS) is 19.0. The molecule has 1 unspecified atom stereocenters. The third-order valence-corrected chi connectivity index (χ3v) is 27.3. The van der Waals surface area contributed by atoms with Crippen LogP contribution < -0.4 is 15.0 Å². The smallest absolute Gasteiger partial charge is 0.336 e. The molecule has 4 heterocycles. The van der Waals surface area contributed by atoms with Gasteiger partial charge in [-0.1, -0.05) is 221 Å². The first-order valence-electron chi connectivity index (χ1n) is 47.3. The van der Waals surface area contributed by atoms with Crippen molar-refractivity contribution in [3.63, 3.8) is 0 Å². The average molecular weight is 1880 g/mol. The number of allylic oxidation sites excluding steroid dienone is 1. The number of likely N-dealkylation sites (tertiary alicyclic amines) is 1. The van der Waals surface area contributed by atoms with Crippen molar-refractivity contribution >= 4 is 58.8 Å². The first-order chi connectivity index (χ1) is 63.2. The van der Waals surface area contributed by atoms with E-state index < -0.39 is 35.5 Å². The number of para-hydroxylation sites is 1. The number of anilines is 1. The Morgan fingerprint density at radius 3 is 1.63 bits per heavy atom. The number of aryl methyl sites for hydroxylation is 1. The Balaban J connectivity index is 0.000000189. The number of dihydropyridines is 1. The number of nitrogens with one attached hydrogen (secondary N) is 1. The van der Waals surface area contributed by atoms with E-state index in [1.807, 2.05) is 84.9 Å². The van der Waals surface area contributed by atoms with E-state index in [1.165, 1.54) is 75.4 Å². The zero-order valence-electron chi connectivity index (χ0n) is 83.6. The second-order valence-corrected chi connectivity index (χ2v) is 43.1. The highest BCUT2D eigenvalue weighted by Crippen LogP contribution is 2.52. The number of rotatable bonds is 24. The number of benzene rings is 8. The van der Waals surface area contributed by atoms with Gasteiger partial charge in [0.1, 0.15) is 35.4 Å². The Hall–Kier alpha value is -9.58. The van der Waals surface area contributed by atoms with E-state index in [0.717, 1.165) is 122 Å². The Kier molecular flexibility index (Phi) is 39.1. The predicted molar refractivity (Wildman–Crippen MR) is 534 cm³/mol. The van der Waals surface area contributed by atoms with E-state index in [-0.39, 0.29) is 105 Å². The molecule has 13 rings (SSSR count). The summed E-state index contributed by atoms with van der Waals surface area (Å²) in [6.07, 6.45) is 6.37. The number of fused-ring (bicyclic) bond motifs is 2. The molecule has 134 heavy (non-hydrogen) atoms. The van der Waals surface area contributed by atoms with E-state index in [4.69, 9.17) is 44.8 Å². The van der Waals surface area contributed by atoms with Crippen LogP contribution in [-0.2, 0) is 64.2 Å². The molecule has 8 aromatic rings. The number of halogens is 4. The van der Waals surface area contributed by atoms with Crippen LogP contribution in [0.2, 0.25) is 5.02 Å². The van der Waals surface area contributed by atoms with Crippen molar-refractivity contribution in [1.82, 2.24) is 20.0 Å². The van der Waals surface area contributed by atoms with Crippen molar-refractivity contribution in [2.45, 2.75) is 246 Å². The number of thioether (sulfide) groups is 1. The van der Waals surface area contributed by atoms with Crippen LogP contribution >= 0.6 is 23.4 Å². The number of amides is 1. The lowest BCUT2D eigenvalue weighted by Gasteiger charge is -2.47. The summed E-state index contributed by atoms with van der Waals surface area (Å²) in [6.45, 7) is 49.9. The largest absolute Gasteiger partial charge is 0.497 e. The summed E-state index contributed by atoms with van der Waals surface area (Å²) in [7, 11) is 4.43. The van der Waals surface area contributed by atoms with Crippen LogP contribution in [-0.4, -0.2) is 161 Å². The van der Waals surface area contributed by atoms with Crippen molar-refractivity contribution in [1.29, 1.82) is 0 Å². The molecule has 8 aromatic carbocycles. The number of piperazine rings is 1. The number of methoxy groups -OCH3 is 3. The molecule has 5 atom stereocenters. The van der Waals surface area contributed by atoms with Gasteiger partial charge in [-0.15, -0.1) is 11.8 Å². The van der Waals surface area contributed by atoms with Crippen LogP contribution in [0.5, 0.6) is 5.75 Å². The maximum atomic E-state index is 13.7. The minimum absolute atomic E-state index is 0.0170. The average Bonchev–Trinajstić information content (AvgIpc) is 1.09. The minimum Gasteiger partial charge on any atom is -0.497 e. The zero-order chi connectivity index (χ0) is 98.3. The number of piperidine rings is 1. The van der Waals surface area contributed by atoms with Crippen LogP contribution in [0, 0.1) is 39.6 Å². The molecule has 0 bridgehead atoms. The maximum absolute atomic E-state index is 13.7. The molecule has 4 aliphatic heterocycles. The summed E-state index contributed by atoms with van der Waals surface area (Å²) in [4.78, 5) is 74.0. The summed E-state index contributed by atoms with van der Waals surface area (Å²) in [5.74, 6) is -2.39. The second-order valence-electron chi connectivity index (χ2n) is 41.5. The molecule has 0 aromatic heterocycles. The first kappa shape index (κ1) is 108. The molecule has 1 aliphatic carbocycles. The van der Waals surface area contributed by atoms with Crippen molar-refractivity contribution in [2.75, 3.05) is 98.5 Å². The summed E-state index contributed by atoms with van der Waals surface area (Å²) in [5.41, 5.74) is 11.7. The van der Waals surface area contributed by atoms with Crippen LogP contribution in [0.4, 0.5) is 18.9 Å². The highest BCUT2D eigenvalue weighted by molar-refractivity contribution is 7.99. The summed E-state index contributed by atoms with van der Waals surface area (Å²) < 4.78 is 78.7. The summed E-state index contributed by atoms with van der Waals surface area (Å²) in [6, 6.07) is 63.1. The van der Waals surface area contributed by atoms with Gasteiger partial charge >= 0.3 is 23.9 Å². The topological polar surface area (TPSA) is 175 Å². The van der Waals surface area contributed by atoms with E-state index >= 15 is 0 Å². The maximum Gasteiger partial charge on any atom is 0.336 e. The van der Waals surface area contributed by atoms with Gasteiger partial charge in [0.05, 0.1) is 67.2 Å². The van der Waals surface area contributed by atoms with Crippen molar-refractivity contribution < 1.29 is 70.3 Å². The van der Waals surface area contributed by atoms with Crippen LogP contribution in [0.3, 0.4) is 0 Å². The first-order valence-corrected chi connectivity index (χ1v) is 48.5. The monoisotopic (exact) mass is 1880 g/mol. The number of hydrogen-bond acceptors (Lipinski definition) is 17. The van der Waals surface area contributed by atoms with Gasteiger partial charge in [0, 0.05) is 91.4 Å². The number of carbonyl (C=O) groups excluding carboxylic acids is 5. The quantitative estimate of drug-likeness (QED) is 0.0343. The molecule has 22 heteroatoms. The van der Waals surface area contributed by atoms with Gasteiger partial charge < -0.3 is 43.4 Å². The lowest BCUT2D eigenvalue weighted by atomic mass is 9.64. The summed E-state index contributed by atoms with van der Waals surface area (Å²) in [5, 5.41) is 3.27. The SMILES string of the molecule is CC(C)(C)N1CCC(c2ccccc2)(c2ccccc2)CC1.CC(C)(C)N1CCN(C(c2ccc(F)cc2)c2ccc(F)cc2)CC1.CCOC(=O)C1=C(COCCC(C)(C)C)NC(C)=C(C(=O)OC)C1c1ccccc1Cl.COCC(=O)O[C@]1(CCC(C)(C)C)CCc2cc(F)ccc2[C@@H]1C(C)C.COc1ccc([C@@H]2Sc3ccccc3N(CCC(C)(C)C)C(=O)[C@@H]2OC(C)=O)cc1. The molecule has 1 amide bonds. The number of hydrogen-bond donors (Lipinski definition) is 1. The Bertz CT molecular complexity index is 5110. The molecule has 0 saturated carbocycles. The van der Waals surface area contributed by atoms with Crippen LogP contribution in [0.25, 0.3) is 0 Å². The molecule has 5 aliphatic rings. The molecule has 0 radical (unpaired) electrons. The van der Waals surface area contributed by atoms with Crippen LogP contribution in [0.15, 0.2) is 228 Å². The van der Waals surface area contributed by atoms with Crippen LogP contribution in [0.1, 0.15) is 251 Å². The van der Waals surface area contributed by atoms with Gasteiger partial charge in [-0.2, -0.15) is 0 Å². The van der Waals surface area contributed by atoms with Gasteiger partial charge in [0.25, 0.3) is 5.91 Å².